The molecule has 0 saturated heterocycles. The summed E-state index contributed by atoms with van der Waals surface area (Å²) in [6, 6.07) is 17.9. The number of hydrogen-bond donors (Lipinski definition) is 1. The zero-order valence-corrected chi connectivity index (χ0v) is 15.9. The minimum atomic E-state index is -0.487. The second kappa shape index (κ2) is 7.21. The third kappa shape index (κ3) is 3.46. The van der Waals surface area contributed by atoms with Crippen molar-refractivity contribution < 1.29 is 18.7 Å². The van der Waals surface area contributed by atoms with Gasteiger partial charge < -0.3 is 19.6 Å². The molecule has 2 heterocycles. The molecule has 1 aliphatic heterocycles. The van der Waals surface area contributed by atoms with Gasteiger partial charge in [-0.05, 0) is 44.2 Å². The molecule has 2 aromatic carbocycles. The Kier molecular flexibility index (Phi) is 4.57. The van der Waals surface area contributed by atoms with Crippen molar-refractivity contribution in [2.24, 2.45) is 5.73 Å². The van der Waals surface area contributed by atoms with E-state index in [9.17, 15) is 10.1 Å². The van der Waals surface area contributed by atoms with Gasteiger partial charge >= 0.3 is 5.97 Å². The first-order chi connectivity index (χ1) is 14.0. The number of nitriles is 1. The average Bonchev–Trinajstić information content (AvgIpc) is 3.13. The summed E-state index contributed by atoms with van der Waals surface area (Å²) in [5.74, 6) is 1.09. The molecular formula is C23H18N2O4. The van der Waals surface area contributed by atoms with Crippen LogP contribution in [0.4, 0.5) is 0 Å². The zero-order valence-electron chi connectivity index (χ0n) is 15.9. The van der Waals surface area contributed by atoms with Gasteiger partial charge in [0.2, 0.25) is 5.88 Å². The summed E-state index contributed by atoms with van der Waals surface area (Å²) in [6.45, 7) is 3.77. The molecule has 0 spiro atoms. The van der Waals surface area contributed by atoms with E-state index >= 15 is 0 Å². The monoisotopic (exact) mass is 386 g/mol. The lowest BCUT2D eigenvalue weighted by Gasteiger charge is -2.25. The summed E-state index contributed by atoms with van der Waals surface area (Å²) in [5, 5.41) is 9.57. The number of benzene rings is 2. The van der Waals surface area contributed by atoms with Crippen LogP contribution in [0.3, 0.4) is 0 Å². The number of ether oxygens (including phenoxy) is 2. The number of esters is 1. The molecule has 0 radical (unpaired) electrons. The van der Waals surface area contributed by atoms with Gasteiger partial charge in [0.25, 0.3) is 0 Å². The Morgan fingerprint density at radius 1 is 1.10 bits per heavy atom. The first-order valence-electron chi connectivity index (χ1n) is 9.03. The van der Waals surface area contributed by atoms with Crippen LogP contribution in [0.25, 0.3) is 0 Å². The fraction of sp³-hybridized carbons (Fsp3) is 0.130. The summed E-state index contributed by atoms with van der Waals surface area (Å²) in [7, 11) is 0. The van der Waals surface area contributed by atoms with Crippen LogP contribution in [-0.2, 0) is 0 Å². The predicted molar refractivity (Wildman–Crippen MR) is 105 cm³/mol. The van der Waals surface area contributed by atoms with Crippen LogP contribution < -0.4 is 15.2 Å². The highest BCUT2D eigenvalue weighted by Crippen LogP contribution is 2.43. The molecule has 0 amide bonds. The molecule has 1 atom stereocenters. The maximum atomic E-state index is 12.4. The van der Waals surface area contributed by atoms with Crippen molar-refractivity contribution in [3.05, 3.63) is 94.3 Å². The Morgan fingerprint density at radius 2 is 1.86 bits per heavy atom. The highest BCUT2D eigenvalue weighted by Gasteiger charge is 2.33. The number of nitrogens with zero attached hydrogens (tertiary/aromatic N) is 1. The van der Waals surface area contributed by atoms with Crippen molar-refractivity contribution in [2.75, 3.05) is 0 Å². The van der Waals surface area contributed by atoms with E-state index in [2.05, 4.69) is 6.07 Å². The minimum Gasteiger partial charge on any atom is -0.465 e. The topological polar surface area (TPSA) is 98.5 Å². The smallest absolute Gasteiger partial charge is 0.343 e. The number of furan rings is 1. The summed E-state index contributed by atoms with van der Waals surface area (Å²) in [5.41, 5.74) is 8.47. The highest BCUT2D eigenvalue weighted by atomic mass is 16.5. The number of allylic oxidation sites excluding steroid dienone is 1. The SMILES string of the molecule is Cc1ccc(C(=O)Oc2ccc3c(c2)OC(N)=C(C#N)C3c2ccc(C)o2)cc1. The van der Waals surface area contributed by atoms with Gasteiger partial charge in [-0.25, -0.2) is 4.79 Å². The quantitative estimate of drug-likeness (QED) is 0.531. The molecule has 3 aromatic rings. The van der Waals surface area contributed by atoms with Crippen LogP contribution in [-0.4, -0.2) is 5.97 Å². The Balaban J connectivity index is 1.67. The van der Waals surface area contributed by atoms with Crippen LogP contribution in [0.15, 0.2) is 70.5 Å². The lowest BCUT2D eigenvalue weighted by atomic mass is 9.87. The van der Waals surface area contributed by atoms with E-state index in [4.69, 9.17) is 19.6 Å². The van der Waals surface area contributed by atoms with Crippen molar-refractivity contribution in [3.63, 3.8) is 0 Å². The largest absolute Gasteiger partial charge is 0.465 e. The van der Waals surface area contributed by atoms with E-state index in [1.807, 2.05) is 38.1 Å². The highest BCUT2D eigenvalue weighted by molar-refractivity contribution is 5.91. The molecule has 1 aliphatic rings. The van der Waals surface area contributed by atoms with Gasteiger partial charge in [-0.15, -0.1) is 0 Å². The van der Waals surface area contributed by atoms with E-state index in [1.54, 1.807) is 30.3 Å². The van der Waals surface area contributed by atoms with Crippen molar-refractivity contribution >= 4 is 5.97 Å². The van der Waals surface area contributed by atoms with Gasteiger partial charge in [-0.2, -0.15) is 5.26 Å². The fourth-order valence-electron chi connectivity index (χ4n) is 3.26. The molecular weight excluding hydrogens is 368 g/mol. The molecule has 2 N–H and O–H groups in total. The Labute approximate surface area is 167 Å². The summed E-state index contributed by atoms with van der Waals surface area (Å²) >= 11 is 0. The molecule has 0 aliphatic carbocycles. The van der Waals surface area contributed by atoms with Gasteiger partial charge in [0, 0.05) is 11.6 Å². The first kappa shape index (κ1) is 18.4. The molecule has 4 rings (SSSR count). The van der Waals surface area contributed by atoms with E-state index in [-0.39, 0.29) is 11.5 Å². The second-order valence-electron chi connectivity index (χ2n) is 6.83. The number of rotatable bonds is 3. The number of carbonyl (C=O) groups excluding carboxylic acids is 1. The first-order valence-corrected chi connectivity index (χ1v) is 9.03. The Morgan fingerprint density at radius 3 is 2.52 bits per heavy atom. The number of fused-ring (bicyclic) bond motifs is 1. The van der Waals surface area contributed by atoms with Crippen LogP contribution in [0.5, 0.6) is 11.5 Å². The molecule has 6 heteroatoms. The average molecular weight is 386 g/mol. The second-order valence-corrected chi connectivity index (χ2v) is 6.83. The molecule has 0 bridgehead atoms. The van der Waals surface area contributed by atoms with Crippen molar-refractivity contribution in [2.45, 2.75) is 19.8 Å². The molecule has 6 nitrogen and oxygen atoms in total. The molecule has 1 unspecified atom stereocenters. The molecule has 29 heavy (non-hydrogen) atoms. The van der Waals surface area contributed by atoms with Gasteiger partial charge in [0.05, 0.1) is 11.5 Å². The van der Waals surface area contributed by atoms with Crippen molar-refractivity contribution in [3.8, 4) is 17.6 Å². The maximum Gasteiger partial charge on any atom is 0.343 e. The van der Waals surface area contributed by atoms with Gasteiger partial charge in [0.1, 0.15) is 34.7 Å². The normalized spacial score (nSPS) is 15.3. The summed E-state index contributed by atoms with van der Waals surface area (Å²) < 4.78 is 16.9. The van der Waals surface area contributed by atoms with Crippen molar-refractivity contribution in [1.29, 1.82) is 5.26 Å². The van der Waals surface area contributed by atoms with Gasteiger partial charge in [-0.1, -0.05) is 23.8 Å². The molecule has 1 aromatic heterocycles. The summed E-state index contributed by atoms with van der Waals surface area (Å²) in [4.78, 5) is 12.4. The number of hydrogen-bond acceptors (Lipinski definition) is 6. The Bertz CT molecular complexity index is 1170. The standard InChI is InChI=1S/C23H18N2O4/c1-13-3-6-15(7-4-13)23(26)28-16-8-9-17-20(11-16)29-22(25)18(12-24)21(17)19-10-5-14(2)27-19/h3-11,21H,25H2,1-2H3. The van der Waals surface area contributed by atoms with Crippen LogP contribution in [0.2, 0.25) is 0 Å². The minimum absolute atomic E-state index is 0.000985. The summed E-state index contributed by atoms with van der Waals surface area (Å²) in [6.07, 6.45) is 0. The van der Waals surface area contributed by atoms with Crippen LogP contribution in [0, 0.1) is 25.2 Å². The van der Waals surface area contributed by atoms with E-state index < -0.39 is 11.9 Å². The third-order valence-corrected chi connectivity index (χ3v) is 4.73. The molecule has 0 saturated carbocycles. The third-order valence-electron chi connectivity index (χ3n) is 4.73. The molecule has 144 valence electrons. The van der Waals surface area contributed by atoms with E-state index in [0.717, 1.165) is 11.3 Å². The lowest BCUT2D eigenvalue weighted by molar-refractivity contribution is 0.0734. The fourth-order valence-corrected chi connectivity index (χ4v) is 3.26. The predicted octanol–water partition coefficient (Wildman–Crippen LogP) is 4.33. The van der Waals surface area contributed by atoms with E-state index in [0.29, 0.717) is 28.4 Å². The van der Waals surface area contributed by atoms with Gasteiger partial charge in [-0.3, -0.25) is 0 Å². The van der Waals surface area contributed by atoms with E-state index in [1.165, 1.54) is 0 Å². The van der Waals surface area contributed by atoms with Crippen LogP contribution >= 0.6 is 0 Å². The Hall–Kier alpha value is -3.98. The molecule has 0 fully saturated rings. The maximum absolute atomic E-state index is 12.4. The number of carbonyl (C=O) groups is 1. The number of nitrogens with two attached hydrogens (primary N) is 1. The lowest BCUT2D eigenvalue weighted by Crippen LogP contribution is -2.21. The van der Waals surface area contributed by atoms with Gasteiger partial charge in [0.15, 0.2) is 0 Å². The number of aryl methyl sites for hydroxylation is 2. The van der Waals surface area contributed by atoms with Crippen molar-refractivity contribution in [1.82, 2.24) is 0 Å². The zero-order chi connectivity index (χ0) is 20.5. The van der Waals surface area contributed by atoms with Crippen LogP contribution in [0.1, 0.15) is 38.9 Å².